The Bertz CT molecular complexity index is 627. The molecule has 0 heterocycles. The van der Waals surface area contributed by atoms with Crippen LogP contribution in [0.4, 0.5) is 0 Å². The van der Waals surface area contributed by atoms with Gasteiger partial charge in [0.15, 0.2) is 0 Å². The first kappa shape index (κ1) is 13.9. The molecule has 0 bridgehead atoms. The van der Waals surface area contributed by atoms with Crippen molar-refractivity contribution in [2.75, 3.05) is 0 Å². The first-order chi connectivity index (χ1) is 9.61. The van der Waals surface area contributed by atoms with E-state index >= 15 is 0 Å². The van der Waals surface area contributed by atoms with Crippen molar-refractivity contribution in [2.24, 2.45) is 0 Å². The number of nitriles is 1. The maximum atomic E-state index is 9.80. The van der Waals surface area contributed by atoms with Crippen LogP contribution in [0.5, 0.6) is 11.5 Å². The van der Waals surface area contributed by atoms with Crippen LogP contribution in [0, 0.1) is 11.3 Å². The average molecular weight is 268 g/mol. The summed E-state index contributed by atoms with van der Waals surface area (Å²) in [7, 11) is 0. The second-order valence-electron chi connectivity index (χ2n) is 4.62. The van der Waals surface area contributed by atoms with Crippen molar-refractivity contribution in [2.45, 2.75) is 19.5 Å². The summed E-state index contributed by atoms with van der Waals surface area (Å²) in [5.41, 5.74) is 2.07. The fraction of sp³-hybridized carbons (Fsp3) is 0.188. The standard InChI is InChI=1S/C16H16N2O2/c1-11(16-14(19)6-3-7-15(16)20)18-10-13-5-2-4-12(8-13)9-17/h2-8,11,18-20H,10H2,1H3. The van der Waals surface area contributed by atoms with Crippen LogP contribution in [-0.4, -0.2) is 10.2 Å². The number of hydrogen-bond acceptors (Lipinski definition) is 4. The minimum Gasteiger partial charge on any atom is -0.507 e. The van der Waals surface area contributed by atoms with Gasteiger partial charge in [0.25, 0.3) is 0 Å². The third kappa shape index (κ3) is 3.08. The van der Waals surface area contributed by atoms with Crippen LogP contribution in [0.25, 0.3) is 0 Å². The summed E-state index contributed by atoms with van der Waals surface area (Å²) in [4.78, 5) is 0. The average Bonchev–Trinajstić information content (AvgIpc) is 2.45. The van der Waals surface area contributed by atoms with E-state index in [4.69, 9.17) is 5.26 Å². The molecule has 2 rings (SSSR count). The highest BCUT2D eigenvalue weighted by molar-refractivity contribution is 5.45. The van der Waals surface area contributed by atoms with Gasteiger partial charge in [0.1, 0.15) is 11.5 Å². The Labute approximate surface area is 117 Å². The quantitative estimate of drug-likeness (QED) is 0.797. The number of nitrogens with zero attached hydrogens (tertiary/aromatic N) is 1. The van der Waals surface area contributed by atoms with Gasteiger partial charge in [-0.05, 0) is 36.8 Å². The molecule has 0 saturated carbocycles. The van der Waals surface area contributed by atoms with E-state index in [9.17, 15) is 10.2 Å². The number of nitrogens with one attached hydrogen (secondary N) is 1. The monoisotopic (exact) mass is 268 g/mol. The smallest absolute Gasteiger partial charge is 0.124 e. The van der Waals surface area contributed by atoms with Crippen LogP contribution in [0.3, 0.4) is 0 Å². The van der Waals surface area contributed by atoms with E-state index in [-0.39, 0.29) is 17.5 Å². The molecule has 4 heteroatoms. The third-order valence-electron chi connectivity index (χ3n) is 3.16. The van der Waals surface area contributed by atoms with E-state index in [0.29, 0.717) is 17.7 Å². The van der Waals surface area contributed by atoms with Gasteiger partial charge in [0.2, 0.25) is 0 Å². The molecule has 2 aromatic rings. The SMILES string of the molecule is CC(NCc1cccc(C#N)c1)c1c(O)cccc1O. The zero-order chi connectivity index (χ0) is 14.5. The highest BCUT2D eigenvalue weighted by Crippen LogP contribution is 2.32. The molecular weight excluding hydrogens is 252 g/mol. The fourth-order valence-electron chi connectivity index (χ4n) is 2.11. The molecule has 102 valence electrons. The van der Waals surface area contributed by atoms with Crippen molar-refractivity contribution in [1.29, 1.82) is 5.26 Å². The molecular formula is C16H16N2O2. The first-order valence-electron chi connectivity index (χ1n) is 6.35. The molecule has 0 amide bonds. The summed E-state index contributed by atoms with van der Waals surface area (Å²) in [6.07, 6.45) is 0. The van der Waals surface area contributed by atoms with Gasteiger partial charge in [-0.15, -0.1) is 0 Å². The maximum Gasteiger partial charge on any atom is 0.124 e. The number of rotatable bonds is 4. The molecule has 20 heavy (non-hydrogen) atoms. The molecule has 0 spiro atoms. The van der Waals surface area contributed by atoms with Crippen molar-refractivity contribution >= 4 is 0 Å². The molecule has 0 aliphatic carbocycles. The largest absolute Gasteiger partial charge is 0.507 e. The molecule has 0 aliphatic heterocycles. The van der Waals surface area contributed by atoms with Gasteiger partial charge in [0.05, 0.1) is 17.2 Å². The lowest BCUT2D eigenvalue weighted by molar-refractivity contribution is 0.418. The molecule has 0 aliphatic rings. The molecule has 0 fully saturated rings. The van der Waals surface area contributed by atoms with Crippen LogP contribution in [0.1, 0.15) is 29.7 Å². The summed E-state index contributed by atoms with van der Waals surface area (Å²) < 4.78 is 0. The van der Waals surface area contributed by atoms with Crippen LogP contribution >= 0.6 is 0 Å². The Morgan fingerprint density at radius 2 is 1.80 bits per heavy atom. The van der Waals surface area contributed by atoms with Gasteiger partial charge in [-0.1, -0.05) is 18.2 Å². The summed E-state index contributed by atoms with van der Waals surface area (Å²) in [5.74, 6) is 0.131. The van der Waals surface area contributed by atoms with Gasteiger partial charge in [0, 0.05) is 12.6 Å². The predicted octanol–water partition coefficient (Wildman–Crippen LogP) is 2.82. The lowest BCUT2D eigenvalue weighted by Gasteiger charge is -2.17. The zero-order valence-electron chi connectivity index (χ0n) is 11.2. The van der Waals surface area contributed by atoms with Gasteiger partial charge in [-0.25, -0.2) is 0 Å². The minimum atomic E-state index is -0.207. The predicted molar refractivity (Wildman–Crippen MR) is 76.2 cm³/mol. The van der Waals surface area contributed by atoms with Crippen LogP contribution < -0.4 is 5.32 Å². The van der Waals surface area contributed by atoms with E-state index in [1.54, 1.807) is 24.3 Å². The normalized spacial score (nSPS) is 11.8. The first-order valence-corrected chi connectivity index (χ1v) is 6.35. The minimum absolute atomic E-state index is 0.0655. The van der Waals surface area contributed by atoms with E-state index in [2.05, 4.69) is 11.4 Å². The highest BCUT2D eigenvalue weighted by atomic mass is 16.3. The molecule has 0 radical (unpaired) electrons. The van der Waals surface area contributed by atoms with Crippen LogP contribution in [0.2, 0.25) is 0 Å². The topological polar surface area (TPSA) is 76.3 Å². The number of phenolic OH excluding ortho intramolecular Hbond substituents is 2. The number of benzene rings is 2. The van der Waals surface area contributed by atoms with E-state index in [0.717, 1.165) is 5.56 Å². The van der Waals surface area contributed by atoms with Crippen molar-refractivity contribution in [3.63, 3.8) is 0 Å². The molecule has 1 atom stereocenters. The van der Waals surface area contributed by atoms with Gasteiger partial charge in [-0.3, -0.25) is 0 Å². The Kier molecular flexibility index (Phi) is 4.24. The molecule has 0 aromatic heterocycles. The maximum absolute atomic E-state index is 9.80. The fourth-order valence-corrected chi connectivity index (χ4v) is 2.11. The third-order valence-corrected chi connectivity index (χ3v) is 3.16. The Balaban J connectivity index is 2.09. The summed E-state index contributed by atoms with van der Waals surface area (Å²) in [6, 6.07) is 13.9. The van der Waals surface area contributed by atoms with E-state index in [1.165, 1.54) is 0 Å². The molecule has 4 nitrogen and oxygen atoms in total. The second-order valence-corrected chi connectivity index (χ2v) is 4.62. The summed E-state index contributed by atoms with van der Waals surface area (Å²) >= 11 is 0. The molecule has 2 aromatic carbocycles. The van der Waals surface area contributed by atoms with Crippen LogP contribution in [-0.2, 0) is 6.54 Å². The lowest BCUT2D eigenvalue weighted by atomic mass is 10.1. The highest BCUT2D eigenvalue weighted by Gasteiger charge is 2.14. The van der Waals surface area contributed by atoms with Gasteiger partial charge < -0.3 is 15.5 Å². The van der Waals surface area contributed by atoms with Crippen molar-refractivity contribution in [3.8, 4) is 17.6 Å². The Hall–Kier alpha value is -2.51. The van der Waals surface area contributed by atoms with E-state index < -0.39 is 0 Å². The van der Waals surface area contributed by atoms with Gasteiger partial charge >= 0.3 is 0 Å². The lowest BCUT2D eigenvalue weighted by Crippen LogP contribution is -2.18. The Morgan fingerprint density at radius 1 is 1.15 bits per heavy atom. The molecule has 1 unspecified atom stereocenters. The Morgan fingerprint density at radius 3 is 2.45 bits per heavy atom. The van der Waals surface area contributed by atoms with Crippen molar-refractivity contribution in [3.05, 3.63) is 59.2 Å². The summed E-state index contributed by atoms with van der Waals surface area (Å²) in [5, 5.41) is 31.7. The number of aromatic hydroxyl groups is 2. The number of phenols is 2. The zero-order valence-corrected chi connectivity index (χ0v) is 11.2. The van der Waals surface area contributed by atoms with E-state index in [1.807, 2.05) is 25.1 Å². The molecule has 3 N–H and O–H groups in total. The van der Waals surface area contributed by atoms with Crippen molar-refractivity contribution < 1.29 is 10.2 Å². The van der Waals surface area contributed by atoms with Gasteiger partial charge in [-0.2, -0.15) is 5.26 Å². The van der Waals surface area contributed by atoms with Crippen molar-refractivity contribution in [1.82, 2.24) is 5.32 Å². The molecule has 0 saturated heterocycles. The second kappa shape index (κ2) is 6.09. The number of hydrogen-bond donors (Lipinski definition) is 3. The summed E-state index contributed by atoms with van der Waals surface area (Å²) in [6.45, 7) is 2.41. The van der Waals surface area contributed by atoms with Crippen LogP contribution in [0.15, 0.2) is 42.5 Å².